The maximum atomic E-state index is 13.1. The second-order valence-corrected chi connectivity index (χ2v) is 9.97. The molecule has 3 rings (SSSR count). The summed E-state index contributed by atoms with van der Waals surface area (Å²) in [7, 11) is 0. The van der Waals surface area contributed by atoms with E-state index in [2.05, 4.69) is 17.6 Å². The number of nitrogens with zero attached hydrogens (tertiary/aromatic N) is 1. The van der Waals surface area contributed by atoms with Crippen molar-refractivity contribution in [2.75, 3.05) is 6.54 Å². The Morgan fingerprint density at radius 2 is 1.79 bits per heavy atom. The number of nitrogens with one attached hydrogen (secondary N) is 2. The van der Waals surface area contributed by atoms with Gasteiger partial charge in [0.25, 0.3) is 0 Å². The summed E-state index contributed by atoms with van der Waals surface area (Å²) in [4.78, 5) is 39.3. The number of benzene rings is 1. The van der Waals surface area contributed by atoms with Crippen LogP contribution in [0.1, 0.15) is 65.4 Å². The molecule has 33 heavy (non-hydrogen) atoms. The van der Waals surface area contributed by atoms with Gasteiger partial charge < -0.3 is 25.0 Å². The topological polar surface area (TPSA) is 97.0 Å². The van der Waals surface area contributed by atoms with Gasteiger partial charge in [-0.25, -0.2) is 9.59 Å². The van der Waals surface area contributed by atoms with Crippen LogP contribution in [0.5, 0.6) is 0 Å². The molecule has 1 saturated carbocycles. The lowest BCUT2D eigenvalue weighted by Crippen LogP contribution is -2.51. The third-order valence-corrected chi connectivity index (χ3v) is 6.33. The Balaban J connectivity index is 1.49. The van der Waals surface area contributed by atoms with E-state index in [1.807, 2.05) is 56.0 Å². The van der Waals surface area contributed by atoms with Gasteiger partial charge >= 0.3 is 12.2 Å². The van der Waals surface area contributed by atoms with Crippen LogP contribution in [-0.2, 0) is 20.9 Å². The van der Waals surface area contributed by atoms with Crippen LogP contribution in [-0.4, -0.2) is 53.3 Å². The van der Waals surface area contributed by atoms with Gasteiger partial charge in [0.2, 0.25) is 5.91 Å². The van der Waals surface area contributed by atoms with Crippen LogP contribution in [0.25, 0.3) is 0 Å². The first-order valence-corrected chi connectivity index (χ1v) is 11.9. The van der Waals surface area contributed by atoms with Crippen molar-refractivity contribution in [2.24, 2.45) is 5.92 Å². The van der Waals surface area contributed by atoms with Crippen molar-refractivity contribution in [1.29, 1.82) is 0 Å². The standard InChI is InChI=1S/C25H37N3O5/c1-5-18-15-19(26-24(31)33-25(2,3)4)11-12-21(18)28-14-13-20(22(28)29)27-23(30)32-16-17-9-7-6-8-10-17/h6-10,18-21H,5,11-16H2,1-4H3,(H,26,31)(H,27,30)/t18-,19-,20+,21+/m1/s1. The van der Waals surface area contributed by atoms with Crippen LogP contribution in [0.3, 0.4) is 0 Å². The minimum Gasteiger partial charge on any atom is -0.445 e. The Labute approximate surface area is 196 Å². The van der Waals surface area contributed by atoms with Crippen LogP contribution in [0.2, 0.25) is 0 Å². The summed E-state index contributed by atoms with van der Waals surface area (Å²) in [6, 6.07) is 9.05. The summed E-state index contributed by atoms with van der Waals surface area (Å²) < 4.78 is 10.7. The molecule has 8 nitrogen and oxygen atoms in total. The lowest BCUT2D eigenvalue weighted by molar-refractivity contribution is -0.133. The summed E-state index contributed by atoms with van der Waals surface area (Å²) in [5, 5.41) is 5.72. The number of hydrogen-bond donors (Lipinski definition) is 2. The van der Waals surface area contributed by atoms with Crippen LogP contribution in [0, 0.1) is 5.92 Å². The van der Waals surface area contributed by atoms with Gasteiger partial charge in [-0.05, 0) is 57.9 Å². The predicted molar refractivity (Wildman–Crippen MR) is 124 cm³/mol. The third kappa shape index (κ3) is 7.11. The van der Waals surface area contributed by atoms with E-state index in [4.69, 9.17) is 9.47 Å². The quantitative estimate of drug-likeness (QED) is 0.671. The average Bonchev–Trinajstić information content (AvgIpc) is 3.11. The molecule has 1 aromatic rings. The number of carbonyl (C=O) groups is 3. The van der Waals surface area contributed by atoms with E-state index in [1.165, 1.54) is 0 Å². The fourth-order valence-corrected chi connectivity index (χ4v) is 4.77. The van der Waals surface area contributed by atoms with Gasteiger partial charge in [0, 0.05) is 18.6 Å². The highest BCUT2D eigenvalue weighted by Crippen LogP contribution is 2.33. The van der Waals surface area contributed by atoms with Gasteiger partial charge in [-0.2, -0.15) is 0 Å². The van der Waals surface area contributed by atoms with Gasteiger partial charge in [0.05, 0.1) is 0 Å². The molecule has 1 aliphatic carbocycles. The number of carbonyl (C=O) groups excluding carboxylic acids is 3. The Morgan fingerprint density at radius 3 is 2.45 bits per heavy atom. The van der Waals surface area contributed by atoms with E-state index in [-0.39, 0.29) is 30.5 Å². The SMILES string of the molecule is CC[C@@H]1C[C@H](NC(=O)OC(C)(C)C)CC[C@@H]1N1CC[C@H](NC(=O)OCc2ccccc2)C1=O. The van der Waals surface area contributed by atoms with Crippen molar-refractivity contribution in [2.45, 2.75) is 90.1 Å². The van der Waals surface area contributed by atoms with Crippen LogP contribution in [0.15, 0.2) is 30.3 Å². The number of ether oxygens (including phenoxy) is 2. The Kier molecular flexibility index (Phi) is 8.21. The third-order valence-electron chi connectivity index (χ3n) is 6.33. The molecular formula is C25H37N3O5. The van der Waals surface area contributed by atoms with E-state index in [0.29, 0.717) is 13.0 Å². The highest BCUT2D eigenvalue weighted by atomic mass is 16.6. The number of hydrogen-bond acceptors (Lipinski definition) is 5. The molecule has 1 heterocycles. The van der Waals surface area contributed by atoms with Gasteiger partial charge in [-0.1, -0.05) is 43.7 Å². The molecule has 4 atom stereocenters. The van der Waals surface area contributed by atoms with Crippen molar-refractivity contribution >= 4 is 18.1 Å². The predicted octanol–water partition coefficient (Wildman–Crippen LogP) is 3.99. The van der Waals surface area contributed by atoms with Crippen LogP contribution < -0.4 is 10.6 Å². The van der Waals surface area contributed by atoms with E-state index in [0.717, 1.165) is 31.2 Å². The molecule has 0 aromatic heterocycles. The van der Waals surface area contributed by atoms with Crippen molar-refractivity contribution in [1.82, 2.24) is 15.5 Å². The highest BCUT2D eigenvalue weighted by molar-refractivity contribution is 5.87. The molecule has 1 aromatic carbocycles. The van der Waals surface area contributed by atoms with Gasteiger partial charge in [0.1, 0.15) is 18.2 Å². The summed E-state index contributed by atoms with van der Waals surface area (Å²) in [5.74, 6) is 0.236. The van der Waals surface area contributed by atoms with Crippen molar-refractivity contribution in [3.05, 3.63) is 35.9 Å². The second kappa shape index (κ2) is 10.9. The first kappa shape index (κ1) is 24.9. The molecule has 0 radical (unpaired) electrons. The van der Waals surface area contributed by atoms with Crippen molar-refractivity contribution in [3.63, 3.8) is 0 Å². The first-order chi connectivity index (χ1) is 15.7. The number of rotatable bonds is 6. The molecule has 2 fully saturated rings. The number of amides is 3. The fourth-order valence-electron chi connectivity index (χ4n) is 4.77. The molecule has 1 saturated heterocycles. The van der Waals surface area contributed by atoms with Crippen molar-refractivity contribution < 1.29 is 23.9 Å². The highest BCUT2D eigenvalue weighted by Gasteiger charge is 2.42. The molecule has 3 amide bonds. The summed E-state index contributed by atoms with van der Waals surface area (Å²) >= 11 is 0. The molecule has 182 valence electrons. The number of alkyl carbamates (subject to hydrolysis) is 2. The van der Waals surface area contributed by atoms with E-state index < -0.39 is 23.8 Å². The second-order valence-electron chi connectivity index (χ2n) is 9.97. The molecule has 2 aliphatic rings. The van der Waals surface area contributed by atoms with E-state index >= 15 is 0 Å². The summed E-state index contributed by atoms with van der Waals surface area (Å²) in [6.45, 7) is 8.44. The summed E-state index contributed by atoms with van der Waals surface area (Å²) in [6.07, 6.45) is 2.94. The molecule has 0 spiro atoms. The van der Waals surface area contributed by atoms with E-state index in [9.17, 15) is 14.4 Å². The lowest BCUT2D eigenvalue weighted by Gasteiger charge is -2.41. The Bertz CT molecular complexity index is 823. The molecule has 0 unspecified atom stereocenters. The number of likely N-dealkylation sites (tertiary alicyclic amines) is 1. The Morgan fingerprint density at radius 1 is 1.06 bits per heavy atom. The molecule has 0 bridgehead atoms. The van der Waals surface area contributed by atoms with E-state index in [1.54, 1.807) is 0 Å². The van der Waals surface area contributed by atoms with Gasteiger partial charge in [-0.15, -0.1) is 0 Å². The zero-order valence-corrected chi connectivity index (χ0v) is 20.1. The lowest BCUT2D eigenvalue weighted by atomic mass is 9.79. The molecule has 2 N–H and O–H groups in total. The minimum atomic E-state index is -0.573. The fraction of sp³-hybridized carbons (Fsp3) is 0.640. The van der Waals surface area contributed by atoms with Gasteiger partial charge in [0.15, 0.2) is 0 Å². The largest absolute Gasteiger partial charge is 0.445 e. The summed E-state index contributed by atoms with van der Waals surface area (Å²) in [5.41, 5.74) is 0.368. The maximum Gasteiger partial charge on any atom is 0.408 e. The van der Waals surface area contributed by atoms with Crippen LogP contribution >= 0.6 is 0 Å². The Hall–Kier alpha value is -2.77. The smallest absolute Gasteiger partial charge is 0.408 e. The first-order valence-electron chi connectivity index (χ1n) is 11.9. The monoisotopic (exact) mass is 459 g/mol. The average molecular weight is 460 g/mol. The van der Waals surface area contributed by atoms with Crippen molar-refractivity contribution in [3.8, 4) is 0 Å². The molecular weight excluding hydrogens is 422 g/mol. The zero-order valence-electron chi connectivity index (χ0n) is 20.1. The molecule has 1 aliphatic heterocycles. The normalized spacial score (nSPS) is 25.5. The minimum absolute atomic E-state index is 0.0423. The maximum absolute atomic E-state index is 13.1. The van der Waals surface area contributed by atoms with Gasteiger partial charge in [-0.3, -0.25) is 4.79 Å². The molecule has 8 heteroatoms. The van der Waals surface area contributed by atoms with Crippen LogP contribution in [0.4, 0.5) is 9.59 Å². The zero-order chi connectivity index (χ0) is 24.0.